The van der Waals surface area contributed by atoms with Crippen LogP contribution in [0.1, 0.15) is 43.4 Å². The Kier molecular flexibility index (Phi) is 6.20. The Labute approximate surface area is 138 Å². The third-order valence-electron chi connectivity index (χ3n) is 4.03. The Morgan fingerprint density at radius 3 is 2.75 bits per heavy atom. The molecule has 1 amide bonds. The minimum Gasteiger partial charge on any atom is -0.387 e. The van der Waals surface area contributed by atoms with E-state index in [4.69, 9.17) is 0 Å². The second-order valence-electron chi connectivity index (χ2n) is 5.91. The van der Waals surface area contributed by atoms with Crippen molar-refractivity contribution in [3.8, 4) is 0 Å². The first-order valence-electron chi connectivity index (χ1n) is 7.95. The lowest BCUT2D eigenvalue weighted by Gasteiger charge is -2.18. The van der Waals surface area contributed by atoms with Crippen molar-refractivity contribution in [3.05, 3.63) is 35.4 Å². The maximum atomic E-state index is 13.0. The Hall–Kier alpha value is -1.64. The first-order chi connectivity index (χ1) is 11.3. The number of halogens is 3. The summed E-state index contributed by atoms with van der Waals surface area (Å²) < 4.78 is 38.9. The van der Waals surface area contributed by atoms with E-state index in [9.17, 15) is 23.1 Å². The van der Waals surface area contributed by atoms with Crippen LogP contribution in [-0.2, 0) is 11.0 Å². The molecule has 1 aromatic rings. The predicted molar refractivity (Wildman–Crippen MR) is 82.8 cm³/mol. The molecule has 0 aliphatic carbocycles. The Morgan fingerprint density at radius 1 is 1.38 bits per heavy atom. The van der Waals surface area contributed by atoms with Crippen molar-refractivity contribution in [2.75, 3.05) is 6.54 Å². The average Bonchev–Trinajstić information content (AvgIpc) is 3.00. The second kappa shape index (κ2) is 7.96. The number of benzene rings is 1. The van der Waals surface area contributed by atoms with Crippen LogP contribution >= 0.6 is 0 Å². The first kappa shape index (κ1) is 18.7. The summed E-state index contributed by atoms with van der Waals surface area (Å²) in [5.41, 5.74) is 4.74. The highest BCUT2D eigenvalue weighted by Gasteiger charge is 2.35. The number of aliphatic hydroxyl groups is 1. The maximum absolute atomic E-state index is 13.0. The molecule has 24 heavy (non-hydrogen) atoms. The van der Waals surface area contributed by atoms with Gasteiger partial charge in [-0.15, -0.1) is 0 Å². The van der Waals surface area contributed by atoms with Crippen molar-refractivity contribution in [3.63, 3.8) is 0 Å². The van der Waals surface area contributed by atoms with Gasteiger partial charge in [0.1, 0.15) is 6.04 Å². The third-order valence-corrected chi connectivity index (χ3v) is 4.03. The van der Waals surface area contributed by atoms with E-state index in [0.29, 0.717) is 6.42 Å². The van der Waals surface area contributed by atoms with E-state index in [1.54, 1.807) is 0 Å². The van der Waals surface area contributed by atoms with Crippen molar-refractivity contribution in [2.45, 2.75) is 50.6 Å². The highest BCUT2D eigenvalue weighted by molar-refractivity contribution is 5.82. The van der Waals surface area contributed by atoms with Crippen molar-refractivity contribution >= 4 is 5.91 Å². The van der Waals surface area contributed by atoms with Crippen LogP contribution in [0.4, 0.5) is 13.2 Å². The van der Waals surface area contributed by atoms with E-state index in [0.717, 1.165) is 18.9 Å². The second-order valence-corrected chi connectivity index (χ2v) is 5.91. The average molecular weight is 345 g/mol. The zero-order valence-corrected chi connectivity index (χ0v) is 13.4. The zero-order chi connectivity index (χ0) is 17.7. The van der Waals surface area contributed by atoms with Crippen LogP contribution in [-0.4, -0.2) is 29.6 Å². The summed E-state index contributed by atoms with van der Waals surface area (Å²) in [7, 11) is 0. The molecule has 1 saturated heterocycles. The molecule has 0 radical (unpaired) electrons. The Bertz CT molecular complexity index is 566. The number of hydrogen-bond acceptors (Lipinski definition) is 4. The van der Waals surface area contributed by atoms with Crippen LogP contribution in [0.25, 0.3) is 0 Å². The monoisotopic (exact) mass is 345 g/mol. The van der Waals surface area contributed by atoms with Crippen LogP contribution in [0.3, 0.4) is 0 Å². The smallest absolute Gasteiger partial charge is 0.387 e. The number of rotatable bonds is 6. The number of nitrogens with one attached hydrogen (secondary N) is 3. The fourth-order valence-corrected chi connectivity index (χ4v) is 2.81. The highest BCUT2D eigenvalue weighted by Crippen LogP contribution is 2.34. The topological polar surface area (TPSA) is 73.4 Å². The van der Waals surface area contributed by atoms with Crippen molar-refractivity contribution in [2.24, 2.45) is 0 Å². The fourth-order valence-electron chi connectivity index (χ4n) is 2.81. The summed E-state index contributed by atoms with van der Waals surface area (Å²) in [6, 6.07) is 4.56. The van der Waals surface area contributed by atoms with Gasteiger partial charge in [0.05, 0.1) is 11.7 Å². The molecule has 8 heteroatoms. The van der Waals surface area contributed by atoms with Crippen LogP contribution in [0, 0.1) is 0 Å². The SMILES string of the molecule is CCCC1CC(C(=O)NCC(O)c2ccccc2C(F)(F)F)NN1. The van der Waals surface area contributed by atoms with Gasteiger partial charge in [-0.1, -0.05) is 31.5 Å². The number of hydrazine groups is 1. The minimum atomic E-state index is -4.55. The Morgan fingerprint density at radius 2 is 2.08 bits per heavy atom. The van der Waals surface area contributed by atoms with Gasteiger partial charge >= 0.3 is 6.18 Å². The normalized spacial score (nSPS) is 22.4. The number of amides is 1. The van der Waals surface area contributed by atoms with Gasteiger partial charge in [-0.2, -0.15) is 13.2 Å². The number of carbonyl (C=O) groups excluding carboxylic acids is 1. The molecule has 0 aromatic heterocycles. The van der Waals surface area contributed by atoms with E-state index < -0.39 is 23.9 Å². The van der Waals surface area contributed by atoms with Crippen LogP contribution in [0.15, 0.2) is 24.3 Å². The lowest BCUT2D eigenvalue weighted by molar-refractivity contribution is -0.139. The molecule has 134 valence electrons. The largest absolute Gasteiger partial charge is 0.416 e. The van der Waals surface area contributed by atoms with Crippen LogP contribution < -0.4 is 16.2 Å². The van der Waals surface area contributed by atoms with E-state index in [2.05, 4.69) is 16.2 Å². The van der Waals surface area contributed by atoms with Gasteiger partial charge < -0.3 is 10.4 Å². The Balaban J connectivity index is 1.92. The lowest BCUT2D eigenvalue weighted by Crippen LogP contribution is -2.44. The highest BCUT2D eigenvalue weighted by atomic mass is 19.4. The maximum Gasteiger partial charge on any atom is 0.416 e. The quantitative estimate of drug-likeness (QED) is 0.635. The van der Waals surface area contributed by atoms with Gasteiger partial charge in [0.15, 0.2) is 0 Å². The molecule has 3 atom stereocenters. The zero-order valence-electron chi connectivity index (χ0n) is 13.4. The molecule has 0 spiro atoms. The molecule has 0 saturated carbocycles. The molecule has 1 aliphatic heterocycles. The number of carbonyl (C=O) groups is 1. The van der Waals surface area contributed by atoms with E-state index >= 15 is 0 Å². The minimum absolute atomic E-state index is 0.196. The van der Waals surface area contributed by atoms with E-state index in [-0.39, 0.29) is 24.1 Å². The summed E-state index contributed by atoms with van der Waals surface area (Å²) in [5, 5.41) is 12.5. The fraction of sp³-hybridized carbons (Fsp3) is 0.562. The van der Waals surface area contributed by atoms with Gasteiger partial charge in [-0.05, 0) is 24.5 Å². The van der Waals surface area contributed by atoms with Gasteiger partial charge in [0.2, 0.25) is 5.91 Å². The van der Waals surface area contributed by atoms with Crippen molar-refractivity contribution < 1.29 is 23.1 Å². The molecule has 5 nitrogen and oxygen atoms in total. The van der Waals surface area contributed by atoms with Crippen LogP contribution in [0.5, 0.6) is 0 Å². The third kappa shape index (κ3) is 4.68. The summed E-state index contributed by atoms with van der Waals surface area (Å²) >= 11 is 0. The summed E-state index contributed by atoms with van der Waals surface area (Å²) in [6.07, 6.45) is -3.45. The molecular formula is C16H22F3N3O2. The molecule has 3 unspecified atom stereocenters. The molecule has 1 aromatic carbocycles. The standard InChI is InChI=1S/C16H22F3N3O2/c1-2-5-10-8-13(22-21-10)15(24)20-9-14(23)11-6-3-4-7-12(11)16(17,18)19/h3-4,6-7,10,13-14,21-23H,2,5,8-9H2,1H3,(H,20,24). The predicted octanol–water partition coefficient (Wildman–Crippen LogP) is 1.89. The van der Waals surface area contributed by atoms with Crippen molar-refractivity contribution in [1.29, 1.82) is 0 Å². The van der Waals surface area contributed by atoms with Gasteiger partial charge in [-0.3, -0.25) is 10.2 Å². The van der Waals surface area contributed by atoms with Crippen LogP contribution in [0.2, 0.25) is 0 Å². The number of aliphatic hydroxyl groups excluding tert-OH is 1. The summed E-state index contributed by atoms with van der Waals surface area (Å²) in [4.78, 5) is 12.1. The van der Waals surface area contributed by atoms with Gasteiger partial charge in [-0.25, -0.2) is 5.43 Å². The molecule has 1 heterocycles. The molecule has 2 rings (SSSR count). The molecule has 4 N–H and O–H groups in total. The molecule has 1 aliphatic rings. The number of alkyl halides is 3. The summed E-state index contributed by atoms with van der Waals surface area (Å²) in [6.45, 7) is 1.77. The van der Waals surface area contributed by atoms with Gasteiger partial charge in [0, 0.05) is 12.6 Å². The van der Waals surface area contributed by atoms with Gasteiger partial charge in [0.25, 0.3) is 0 Å². The molecule has 1 fully saturated rings. The van der Waals surface area contributed by atoms with Crippen molar-refractivity contribution in [1.82, 2.24) is 16.2 Å². The molecular weight excluding hydrogens is 323 g/mol. The summed E-state index contributed by atoms with van der Waals surface area (Å²) in [5.74, 6) is -0.343. The van der Waals surface area contributed by atoms with E-state index in [1.165, 1.54) is 18.2 Å². The first-order valence-corrected chi connectivity index (χ1v) is 7.95. The van der Waals surface area contributed by atoms with E-state index in [1.807, 2.05) is 6.92 Å². The number of hydrogen-bond donors (Lipinski definition) is 4. The molecule has 0 bridgehead atoms. The lowest BCUT2D eigenvalue weighted by atomic mass is 10.0.